The van der Waals surface area contributed by atoms with Gasteiger partial charge in [0.1, 0.15) is 23.6 Å². The highest BCUT2D eigenvalue weighted by Crippen LogP contribution is 2.23. The van der Waals surface area contributed by atoms with E-state index in [9.17, 15) is 18.4 Å². The van der Waals surface area contributed by atoms with Crippen molar-refractivity contribution in [3.05, 3.63) is 77.6 Å². The number of rotatable bonds is 6. The van der Waals surface area contributed by atoms with Gasteiger partial charge < -0.3 is 11.1 Å². The maximum atomic E-state index is 13.7. The number of nitrogens with one attached hydrogen (secondary N) is 3. The number of benzene rings is 2. The van der Waals surface area contributed by atoms with E-state index >= 15 is 0 Å². The number of halogens is 2. The van der Waals surface area contributed by atoms with Crippen molar-refractivity contribution in [1.82, 2.24) is 15.4 Å². The number of hydrazine groups is 1. The molecule has 1 heterocycles. The third-order valence-electron chi connectivity index (χ3n) is 3.83. The van der Waals surface area contributed by atoms with Crippen LogP contribution >= 0.6 is 0 Å². The minimum Gasteiger partial charge on any atom is -0.382 e. The van der Waals surface area contributed by atoms with Crippen LogP contribution < -0.4 is 21.9 Å². The van der Waals surface area contributed by atoms with Crippen LogP contribution in [0, 0.1) is 11.6 Å². The molecule has 10 heteroatoms. The van der Waals surface area contributed by atoms with Gasteiger partial charge in [0, 0.05) is 0 Å². The van der Waals surface area contributed by atoms with E-state index in [1.165, 1.54) is 42.5 Å². The van der Waals surface area contributed by atoms with Crippen LogP contribution in [0.5, 0.6) is 0 Å². The summed E-state index contributed by atoms with van der Waals surface area (Å²) in [7, 11) is 0. The van der Waals surface area contributed by atoms with E-state index in [1.54, 1.807) is 0 Å². The van der Waals surface area contributed by atoms with Crippen LogP contribution in [0.1, 0.15) is 15.9 Å². The molecular weight excluding hydrogens is 382 g/mol. The van der Waals surface area contributed by atoms with Gasteiger partial charge in [-0.15, -0.1) is 0 Å². The number of amides is 2. The minimum atomic E-state index is -0.746. The van der Waals surface area contributed by atoms with Crippen molar-refractivity contribution in [2.24, 2.45) is 0 Å². The molecule has 0 spiro atoms. The lowest BCUT2D eigenvalue weighted by Crippen LogP contribution is -2.31. The Balaban J connectivity index is 1.70. The van der Waals surface area contributed by atoms with Crippen LogP contribution in [0.2, 0.25) is 0 Å². The summed E-state index contributed by atoms with van der Waals surface area (Å²) in [5.74, 6) is -2.34. The van der Waals surface area contributed by atoms with Gasteiger partial charge in [0.25, 0.3) is 5.91 Å². The number of hydrogen-bond acceptors (Lipinski definition) is 6. The third kappa shape index (κ3) is 5.01. The van der Waals surface area contributed by atoms with Crippen LogP contribution in [0.25, 0.3) is 0 Å². The fraction of sp³-hybridized carbons (Fsp3) is 0.0526. The van der Waals surface area contributed by atoms with Crippen molar-refractivity contribution in [3.8, 4) is 0 Å². The molecule has 0 aliphatic rings. The Morgan fingerprint density at radius 2 is 1.72 bits per heavy atom. The highest BCUT2D eigenvalue weighted by Gasteiger charge is 2.15. The van der Waals surface area contributed by atoms with Crippen LogP contribution in [0.3, 0.4) is 0 Å². The lowest BCUT2D eigenvalue weighted by atomic mass is 10.1. The Bertz CT molecular complexity index is 1040. The molecule has 0 bridgehead atoms. The molecule has 0 unspecified atom stereocenters. The molecule has 0 fully saturated rings. The monoisotopic (exact) mass is 398 g/mol. The number of aromatic nitrogens is 2. The molecular formula is C19H16F2N6O2. The van der Waals surface area contributed by atoms with Gasteiger partial charge >= 0.3 is 0 Å². The van der Waals surface area contributed by atoms with Crippen molar-refractivity contribution in [2.75, 3.05) is 16.5 Å². The Kier molecular flexibility index (Phi) is 5.93. The van der Waals surface area contributed by atoms with Crippen molar-refractivity contribution >= 4 is 29.1 Å². The summed E-state index contributed by atoms with van der Waals surface area (Å²) in [6.07, 6.45) is 1.08. The Hall–Kier alpha value is -4.08. The topological polar surface area (TPSA) is 122 Å². The number of nitrogens with zero attached hydrogens (tertiary/aromatic N) is 2. The molecule has 0 atom stereocenters. The van der Waals surface area contributed by atoms with Crippen molar-refractivity contribution in [1.29, 1.82) is 0 Å². The summed E-state index contributed by atoms with van der Waals surface area (Å²) in [4.78, 5) is 32.1. The number of nitrogens with two attached hydrogens (primary N) is 1. The van der Waals surface area contributed by atoms with Gasteiger partial charge in [-0.05, 0) is 29.8 Å². The second kappa shape index (κ2) is 8.74. The first-order chi connectivity index (χ1) is 13.9. The summed E-state index contributed by atoms with van der Waals surface area (Å²) in [5.41, 5.74) is 11.0. The summed E-state index contributed by atoms with van der Waals surface area (Å²) < 4.78 is 26.7. The van der Waals surface area contributed by atoms with Gasteiger partial charge in [0.2, 0.25) is 5.91 Å². The molecule has 0 aliphatic heterocycles. The summed E-state index contributed by atoms with van der Waals surface area (Å²) >= 11 is 0. The van der Waals surface area contributed by atoms with E-state index < -0.39 is 23.4 Å². The van der Waals surface area contributed by atoms with Crippen LogP contribution in [0.15, 0.2) is 54.9 Å². The van der Waals surface area contributed by atoms with Crippen molar-refractivity contribution in [2.45, 2.75) is 6.42 Å². The highest BCUT2D eigenvalue weighted by atomic mass is 19.1. The lowest BCUT2D eigenvalue weighted by Gasteiger charge is -2.14. The van der Waals surface area contributed by atoms with Gasteiger partial charge in [-0.1, -0.05) is 24.3 Å². The van der Waals surface area contributed by atoms with Gasteiger partial charge in [-0.2, -0.15) is 0 Å². The second-order valence-corrected chi connectivity index (χ2v) is 5.89. The molecule has 2 aromatic carbocycles. The summed E-state index contributed by atoms with van der Waals surface area (Å²) in [6.45, 7) is 0. The Morgan fingerprint density at radius 3 is 2.45 bits per heavy atom. The third-order valence-corrected chi connectivity index (χ3v) is 3.83. The zero-order valence-corrected chi connectivity index (χ0v) is 14.9. The average Bonchev–Trinajstić information content (AvgIpc) is 2.70. The number of hydrogen-bond donors (Lipinski definition) is 4. The number of carbonyl (C=O) groups excluding carboxylic acids is 2. The predicted octanol–water partition coefficient (Wildman–Crippen LogP) is 2.28. The van der Waals surface area contributed by atoms with Gasteiger partial charge in [-0.25, -0.2) is 18.7 Å². The average molecular weight is 398 g/mol. The molecule has 3 rings (SSSR count). The zero-order valence-electron chi connectivity index (χ0n) is 14.9. The van der Waals surface area contributed by atoms with Crippen molar-refractivity contribution < 1.29 is 18.4 Å². The number of anilines is 3. The fourth-order valence-electron chi connectivity index (χ4n) is 2.42. The molecule has 8 nitrogen and oxygen atoms in total. The standard InChI is InChI=1S/C19H16F2N6O2/c20-12-7-5-11(6-8-12)9-15(28)25-16-17(22)23-10-24-18(16)26-27-19(29)13-3-1-2-4-14(13)21/h1-8,10H,9H2,(H,25,28)(H,27,29)(H3,22,23,24,26). The fourth-order valence-corrected chi connectivity index (χ4v) is 2.42. The zero-order chi connectivity index (χ0) is 20.8. The van der Waals surface area contributed by atoms with E-state index in [2.05, 4.69) is 26.1 Å². The van der Waals surface area contributed by atoms with E-state index in [0.717, 1.165) is 12.4 Å². The minimum absolute atomic E-state index is 0.00893. The Morgan fingerprint density at radius 1 is 1.00 bits per heavy atom. The summed E-state index contributed by atoms with van der Waals surface area (Å²) in [5, 5.41) is 2.55. The molecule has 29 heavy (non-hydrogen) atoms. The van der Waals surface area contributed by atoms with E-state index in [-0.39, 0.29) is 29.3 Å². The molecule has 148 valence electrons. The smallest absolute Gasteiger partial charge is 0.272 e. The van der Waals surface area contributed by atoms with E-state index in [0.29, 0.717) is 5.56 Å². The van der Waals surface area contributed by atoms with Crippen LogP contribution in [0.4, 0.5) is 26.1 Å². The lowest BCUT2D eigenvalue weighted by molar-refractivity contribution is -0.115. The summed E-state index contributed by atoms with van der Waals surface area (Å²) in [6, 6.07) is 10.9. The first-order valence-corrected chi connectivity index (χ1v) is 8.39. The SMILES string of the molecule is Nc1ncnc(NNC(=O)c2ccccc2F)c1NC(=O)Cc1ccc(F)cc1. The maximum absolute atomic E-state index is 13.7. The number of nitrogen functional groups attached to an aromatic ring is 1. The normalized spacial score (nSPS) is 10.3. The molecule has 5 N–H and O–H groups in total. The number of carbonyl (C=O) groups is 2. The molecule has 2 amide bonds. The second-order valence-electron chi connectivity index (χ2n) is 5.89. The first-order valence-electron chi connectivity index (χ1n) is 8.39. The van der Waals surface area contributed by atoms with Gasteiger partial charge in [-0.3, -0.25) is 20.4 Å². The molecule has 0 saturated carbocycles. The van der Waals surface area contributed by atoms with Crippen molar-refractivity contribution in [3.63, 3.8) is 0 Å². The molecule has 1 aromatic heterocycles. The maximum Gasteiger partial charge on any atom is 0.272 e. The van der Waals surface area contributed by atoms with Gasteiger partial charge in [0.15, 0.2) is 11.6 Å². The molecule has 3 aromatic rings. The molecule has 0 radical (unpaired) electrons. The largest absolute Gasteiger partial charge is 0.382 e. The molecule has 0 aliphatic carbocycles. The molecule has 0 saturated heterocycles. The first kappa shape index (κ1) is 19.7. The van der Waals surface area contributed by atoms with Crippen LogP contribution in [-0.2, 0) is 11.2 Å². The predicted molar refractivity (Wildman–Crippen MR) is 103 cm³/mol. The quantitative estimate of drug-likeness (QED) is 0.473. The van der Waals surface area contributed by atoms with E-state index in [4.69, 9.17) is 5.73 Å². The van der Waals surface area contributed by atoms with Gasteiger partial charge in [0.05, 0.1) is 12.0 Å². The van der Waals surface area contributed by atoms with E-state index in [1.807, 2.05) is 0 Å². The highest BCUT2D eigenvalue weighted by molar-refractivity contribution is 5.99. The Labute approximate surface area is 164 Å². The van der Waals surface area contributed by atoms with Crippen LogP contribution in [-0.4, -0.2) is 21.8 Å².